The molecule has 0 atom stereocenters. The first-order chi connectivity index (χ1) is 6.75. The van der Waals surface area contributed by atoms with Gasteiger partial charge in [-0.3, -0.25) is 4.98 Å². The van der Waals surface area contributed by atoms with E-state index in [2.05, 4.69) is 4.98 Å². The molecule has 0 aliphatic heterocycles. The number of rotatable bonds is 2. The highest BCUT2D eigenvalue weighted by Crippen LogP contribution is 2.30. The molecule has 0 aliphatic rings. The maximum absolute atomic E-state index is 12.3. The standard InChI is InChI=1S/C7H7ClF2N2O2S/c1-3-4(15(11,13)14)2-12-6(5(3)8)7(9)10/h2,7H,1H3,(H2,11,13,14). The van der Waals surface area contributed by atoms with Crippen molar-refractivity contribution in [3.63, 3.8) is 0 Å². The van der Waals surface area contributed by atoms with E-state index in [9.17, 15) is 17.2 Å². The van der Waals surface area contributed by atoms with Crippen molar-refractivity contribution in [3.05, 3.63) is 22.5 Å². The van der Waals surface area contributed by atoms with Crippen LogP contribution in [0.4, 0.5) is 8.78 Å². The van der Waals surface area contributed by atoms with Crippen LogP contribution in [0.2, 0.25) is 5.02 Å². The maximum Gasteiger partial charge on any atom is 0.281 e. The Balaban J connectivity index is 3.48. The Hall–Kier alpha value is -0.790. The SMILES string of the molecule is Cc1c(S(N)(=O)=O)cnc(C(F)F)c1Cl. The molecule has 0 radical (unpaired) electrons. The molecule has 1 aromatic rings. The van der Waals surface area contributed by atoms with Crippen LogP contribution in [0.25, 0.3) is 0 Å². The summed E-state index contributed by atoms with van der Waals surface area (Å²) in [6, 6.07) is 0. The number of nitrogens with two attached hydrogens (primary N) is 1. The van der Waals surface area contributed by atoms with Crippen molar-refractivity contribution >= 4 is 21.6 Å². The number of aromatic nitrogens is 1. The lowest BCUT2D eigenvalue weighted by atomic mass is 10.2. The molecule has 0 aromatic carbocycles. The molecule has 8 heteroatoms. The van der Waals surface area contributed by atoms with Crippen LogP contribution in [0.3, 0.4) is 0 Å². The van der Waals surface area contributed by atoms with E-state index in [4.69, 9.17) is 16.7 Å². The van der Waals surface area contributed by atoms with Gasteiger partial charge in [-0.25, -0.2) is 22.3 Å². The van der Waals surface area contributed by atoms with Crippen molar-refractivity contribution in [2.75, 3.05) is 0 Å². The van der Waals surface area contributed by atoms with Gasteiger partial charge in [-0.15, -0.1) is 0 Å². The van der Waals surface area contributed by atoms with Gasteiger partial charge in [0.2, 0.25) is 10.0 Å². The number of alkyl halides is 2. The second-order valence-electron chi connectivity index (χ2n) is 2.79. The van der Waals surface area contributed by atoms with Gasteiger partial charge in [-0.1, -0.05) is 11.6 Å². The highest BCUT2D eigenvalue weighted by molar-refractivity contribution is 7.89. The fourth-order valence-electron chi connectivity index (χ4n) is 1.02. The van der Waals surface area contributed by atoms with Crippen LogP contribution in [0.15, 0.2) is 11.1 Å². The predicted molar refractivity (Wildman–Crippen MR) is 50.3 cm³/mol. The Morgan fingerprint density at radius 3 is 2.47 bits per heavy atom. The number of primary sulfonamides is 1. The average Bonchev–Trinajstić information content (AvgIpc) is 2.06. The minimum atomic E-state index is -3.99. The summed E-state index contributed by atoms with van der Waals surface area (Å²) in [6.07, 6.45) is -2.08. The highest BCUT2D eigenvalue weighted by atomic mass is 35.5. The van der Waals surface area contributed by atoms with E-state index < -0.39 is 22.1 Å². The second kappa shape index (κ2) is 3.99. The van der Waals surface area contributed by atoms with Gasteiger partial charge < -0.3 is 0 Å². The third-order valence-corrected chi connectivity index (χ3v) is 3.26. The molecule has 1 aromatic heterocycles. The zero-order valence-corrected chi connectivity index (χ0v) is 9.11. The van der Waals surface area contributed by atoms with Gasteiger partial charge in [0.05, 0.1) is 5.02 Å². The first-order valence-electron chi connectivity index (χ1n) is 3.71. The third kappa shape index (κ3) is 2.42. The summed E-state index contributed by atoms with van der Waals surface area (Å²) in [4.78, 5) is 2.91. The summed E-state index contributed by atoms with van der Waals surface area (Å²) in [6.45, 7) is 1.29. The van der Waals surface area contributed by atoms with E-state index in [1.165, 1.54) is 6.92 Å². The summed E-state index contributed by atoms with van der Waals surface area (Å²) < 4.78 is 46.6. The number of hydrogen-bond donors (Lipinski definition) is 1. The monoisotopic (exact) mass is 256 g/mol. The van der Waals surface area contributed by atoms with Crippen molar-refractivity contribution < 1.29 is 17.2 Å². The molecule has 0 aliphatic carbocycles. The van der Waals surface area contributed by atoms with E-state index >= 15 is 0 Å². The molecule has 0 bridgehead atoms. The number of sulfonamides is 1. The van der Waals surface area contributed by atoms with E-state index in [1.807, 2.05) is 0 Å². The fraction of sp³-hybridized carbons (Fsp3) is 0.286. The Morgan fingerprint density at radius 1 is 1.53 bits per heavy atom. The summed E-state index contributed by atoms with van der Waals surface area (Å²) in [5.74, 6) is 0. The van der Waals surface area contributed by atoms with E-state index in [-0.39, 0.29) is 15.5 Å². The third-order valence-electron chi connectivity index (χ3n) is 1.76. The van der Waals surface area contributed by atoms with Gasteiger partial charge in [0.15, 0.2) is 0 Å². The lowest BCUT2D eigenvalue weighted by Gasteiger charge is -2.08. The summed E-state index contributed by atoms with van der Waals surface area (Å²) >= 11 is 5.54. The van der Waals surface area contributed by atoms with Crippen molar-refractivity contribution in [1.82, 2.24) is 4.98 Å². The number of pyridine rings is 1. The Morgan fingerprint density at radius 2 is 2.07 bits per heavy atom. The molecule has 1 rings (SSSR count). The van der Waals surface area contributed by atoms with Crippen molar-refractivity contribution in [2.24, 2.45) is 5.14 Å². The quantitative estimate of drug-likeness (QED) is 0.874. The van der Waals surface area contributed by atoms with Crippen molar-refractivity contribution in [3.8, 4) is 0 Å². The van der Waals surface area contributed by atoms with Crippen LogP contribution in [-0.4, -0.2) is 13.4 Å². The molecule has 2 N–H and O–H groups in total. The summed E-state index contributed by atoms with van der Waals surface area (Å²) in [7, 11) is -3.99. The van der Waals surface area contributed by atoms with E-state index in [1.54, 1.807) is 0 Å². The lowest BCUT2D eigenvalue weighted by molar-refractivity contribution is 0.146. The van der Waals surface area contributed by atoms with Gasteiger partial charge in [0, 0.05) is 6.20 Å². The Kier molecular flexibility index (Phi) is 3.27. The zero-order valence-electron chi connectivity index (χ0n) is 7.54. The van der Waals surface area contributed by atoms with Gasteiger partial charge >= 0.3 is 0 Å². The predicted octanol–water partition coefficient (Wildman–Crippen LogP) is 1.63. The van der Waals surface area contributed by atoms with Crippen molar-refractivity contribution in [1.29, 1.82) is 0 Å². The smallest absolute Gasteiger partial charge is 0.252 e. The minimum absolute atomic E-state index is 0.0236. The number of hydrogen-bond acceptors (Lipinski definition) is 3. The summed E-state index contributed by atoms with van der Waals surface area (Å²) in [5.41, 5.74) is -0.675. The summed E-state index contributed by atoms with van der Waals surface area (Å²) in [5, 5.41) is 4.46. The molecule has 1 heterocycles. The van der Waals surface area contributed by atoms with E-state index in [0.29, 0.717) is 0 Å². The lowest BCUT2D eigenvalue weighted by Crippen LogP contribution is -2.15. The molecule has 15 heavy (non-hydrogen) atoms. The van der Waals surface area contributed by atoms with Crippen LogP contribution in [0, 0.1) is 6.92 Å². The molecule has 0 fully saturated rings. The van der Waals surface area contributed by atoms with Crippen LogP contribution in [-0.2, 0) is 10.0 Å². The van der Waals surface area contributed by atoms with Gasteiger partial charge in [-0.2, -0.15) is 0 Å². The van der Waals surface area contributed by atoms with Gasteiger partial charge in [-0.05, 0) is 12.5 Å². The van der Waals surface area contributed by atoms with Gasteiger partial charge in [0.1, 0.15) is 10.6 Å². The molecule has 0 spiro atoms. The first kappa shape index (κ1) is 12.3. The van der Waals surface area contributed by atoms with Crippen LogP contribution in [0.5, 0.6) is 0 Å². The molecule has 0 amide bonds. The van der Waals surface area contributed by atoms with Crippen LogP contribution in [0.1, 0.15) is 17.7 Å². The molecule has 84 valence electrons. The molecule has 0 unspecified atom stereocenters. The average molecular weight is 257 g/mol. The molecule has 4 nitrogen and oxygen atoms in total. The first-order valence-corrected chi connectivity index (χ1v) is 5.63. The van der Waals surface area contributed by atoms with Crippen molar-refractivity contribution in [2.45, 2.75) is 18.2 Å². The molecular formula is C7H7ClF2N2O2S. The number of halogens is 3. The van der Waals surface area contributed by atoms with Gasteiger partial charge in [0.25, 0.3) is 6.43 Å². The zero-order chi connectivity index (χ0) is 11.8. The largest absolute Gasteiger partial charge is 0.281 e. The normalized spacial score (nSPS) is 12.1. The second-order valence-corrected chi connectivity index (χ2v) is 4.70. The fourth-order valence-corrected chi connectivity index (χ4v) is 2.04. The van der Waals surface area contributed by atoms with Crippen LogP contribution >= 0.6 is 11.6 Å². The Bertz CT molecular complexity index is 490. The minimum Gasteiger partial charge on any atom is -0.252 e. The number of nitrogens with zero attached hydrogens (tertiary/aromatic N) is 1. The molecule has 0 saturated heterocycles. The Labute approximate surface area is 90.1 Å². The highest BCUT2D eigenvalue weighted by Gasteiger charge is 2.21. The molecular weight excluding hydrogens is 250 g/mol. The maximum atomic E-state index is 12.3. The molecule has 0 saturated carbocycles. The topological polar surface area (TPSA) is 73.1 Å². The van der Waals surface area contributed by atoms with E-state index in [0.717, 1.165) is 6.20 Å². The van der Waals surface area contributed by atoms with Crippen LogP contribution < -0.4 is 5.14 Å².